The topological polar surface area (TPSA) is 26.0 Å². The van der Waals surface area contributed by atoms with Crippen molar-refractivity contribution >= 4 is 15.9 Å². The van der Waals surface area contributed by atoms with Gasteiger partial charge in [-0.3, -0.25) is 0 Å². The van der Waals surface area contributed by atoms with E-state index in [4.69, 9.17) is 5.73 Å². The van der Waals surface area contributed by atoms with Gasteiger partial charge in [0.25, 0.3) is 0 Å². The van der Waals surface area contributed by atoms with Crippen LogP contribution in [0.4, 0.5) is 13.2 Å². The quantitative estimate of drug-likeness (QED) is 0.816. The second kappa shape index (κ2) is 6.40. The van der Waals surface area contributed by atoms with Crippen molar-refractivity contribution in [2.24, 2.45) is 5.73 Å². The first-order valence-corrected chi connectivity index (χ1v) is 6.25. The van der Waals surface area contributed by atoms with E-state index in [1.54, 1.807) is 0 Å². The lowest BCUT2D eigenvalue weighted by Crippen LogP contribution is -2.37. The predicted molar refractivity (Wildman–Crippen MR) is 65.7 cm³/mol. The molecule has 0 aliphatic rings. The molecule has 0 radical (unpaired) electrons. The van der Waals surface area contributed by atoms with Gasteiger partial charge in [0.1, 0.15) is 6.04 Å². The molecule has 5 heteroatoms. The maximum Gasteiger partial charge on any atom is 0.403 e. The molecular weight excluding hydrogens is 295 g/mol. The largest absolute Gasteiger partial charge is 0.403 e. The fraction of sp³-hybridized carbons (Fsp3) is 0.500. The molecule has 1 aromatic carbocycles. The Balaban J connectivity index is 2.25. The Morgan fingerprint density at radius 3 is 2.53 bits per heavy atom. The molecule has 1 nitrogen and oxygen atoms in total. The lowest BCUT2D eigenvalue weighted by Gasteiger charge is -2.14. The number of hydrogen-bond donors (Lipinski definition) is 1. The zero-order valence-corrected chi connectivity index (χ0v) is 10.9. The highest BCUT2D eigenvalue weighted by molar-refractivity contribution is 9.10. The molecule has 0 aliphatic carbocycles. The van der Waals surface area contributed by atoms with Crippen molar-refractivity contribution < 1.29 is 13.2 Å². The SMILES string of the molecule is N[C@@H](CCCCc1cccc(Br)c1)C(F)(F)F. The molecule has 0 spiro atoms. The van der Waals surface area contributed by atoms with Crippen molar-refractivity contribution in [3.05, 3.63) is 34.3 Å². The lowest BCUT2D eigenvalue weighted by molar-refractivity contribution is -0.149. The molecule has 0 fully saturated rings. The maximum absolute atomic E-state index is 12.1. The molecule has 0 unspecified atom stereocenters. The fourth-order valence-corrected chi connectivity index (χ4v) is 2.00. The first-order valence-electron chi connectivity index (χ1n) is 5.46. The Bertz CT molecular complexity index is 352. The summed E-state index contributed by atoms with van der Waals surface area (Å²) in [7, 11) is 0. The van der Waals surface area contributed by atoms with Gasteiger partial charge in [-0.25, -0.2) is 0 Å². The molecular formula is C12H15BrF3N. The van der Waals surface area contributed by atoms with Crippen LogP contribution < -0.4 is 5.73 Å². The molecule has 1 atom stereocenters. The van der Waals surface area contributed by atoms with Gasteiger partial charge in [0.05, 0.1) is 0 Å². The molecule has 0 bridgehead atoms. The highest BCUT2D eigenvalue weighted by Gasteiger charge is 2.35. The van der Waals surface area contributed by atoms with Gasteiger partial charge in [0.15, 0.2) is 0 Å². The molecule has 17 heavy (non-hydrogen) atoms. The summed E-state index contributed by atoms with van der Waals surface area (Å²) in [4.78, 5) is 0. The Kier molecular flexibility index (Phi) is 5.46. The van der Waals surface area contributed by atoms with E-state index < -0.39 is 12.2 Å². The van der Waals surface area contributed by atoms with Crippen LogP contribution in [0.15, 0.2) is 28.7 Å². The summed E-state index contributed by atoms with van der Waals surface area (Å²) in [5, 5.41) is 0. The third-order valence-electron chi connectivity index (χ3n) is 2.54. The molecule has 1 aromatic rings. The summed E-state index contributed by atoms with van der Waals surface area (Å²) in [6.45, 7) is 0. The van der Waals surface area contributed by atoms with Crippen molar-refractivity contribution in [1.29, 1.82) is 0 Å². The van der Waals surface area contributed by atoms with E-state index in [2.05, 4.69) is 15.9 Å². The molecule has 2 N–H and O–H groups in total. The number of aryl methyl sites for hydroxylation is 1. The summed E-state index contributed by atoms with van der Waals surface area (Å²) in [5.41, 5.74) is 6.15. The van der Waals surface area contributed by atoms with Gasteiger partial charge in [0.2, 0.25) is 0 Å². The normalized spacial score (nSPS) is 13.7. The average Bonchev–Trinajstić information content (AvgIpc) is 2.23. The number of halogens is 4. The fourth-order valence-electron chi connectivity index (χ4n) is 1.55. The van der Waals surface area contributed by atoms with E-state index in [9.17, 15) is 13.2 Å². The summed E-state index contributed by atoms with van der Waals surface area (Å²) in [6, 6.07) is 6.09. The smallest absolute Gasteiger partial charge is 0.320 e. The van der Waals surface area contributed by atoms with Crippen molar-refractivity contribution in [2.45, 2.75) is 37.9 Å². The van der Waals surface area contributed by atoms with Gasteiger partial charge in [-0.05, 0) is 37.0 Å². The van der Waals surface area contributed by atoms with Gasteiger partial charge in [-0.2, -0.15) is 13.2 Å². The standard InChI is InChI=1S/C12H15BrF3N/c13-10-6-3-5-9(8-10)4-1-2-7-11(17)12(14,15)16/h3,5-6,8,11H,1-2,4,7,17H2/t11-/m0/s1. The molecule has 0 saturated heterocycles. The summed E-state index contributed by atoms with van der Waals surface area (Å²) >= 11 is 3.35. The van der Waals surface area contributed by atoms with Crippen LogP contribution in [0.3, 0.4) is 0 Å². The van der Waals surface area contributed by atoms with Crippen LogP contribution in [0.25, 0.3) is 0 Å². The number of nitrogens with two attached hydrogens (primary N) is 1. The van der Waals surface area contributed by atoms with Gasteiger partial charge in [0, 0.05) is 4.47 Å². The highest BCUT2D eigenvalue weighted by atomic mass is 79.9. The molecule has 0 amide bonds. The van der Waals surface area contributed by atoms with E-state index in [0.717, 1.165) is 22.9 Å². The third-order valence-corrected chi connectivity index (χ3v) is 3.03. The lowest BCUT2D eigenvalue weighted by atomic mass is 10.0. The minimum atomic E-state index is -4.27. The van der Waals surface area contributed by atoms with E-state index in [1.807, 2.05) is 24.3 Å². The highest BCUT2D eigenvalue weighted by Crippen LogP contribution is 2.22. The Labute approximate surface area is 107 Å². The second-order valence-corrected chi connectivity index (χ2v) is 4.94. The number of rotatable bonds is 5. The summed E-state index contributed by atoms with van der Waals surface area (Å²) < 4.78 is 37.4. The minimum absolute atomic E-state index is 0.00248. The summed E-state index contributed by atoms with van der Waals surface area (Å²) in [6.07, 6.45) is -2.27. The van der Waals surface area contributed by atoms with Gasteiger partial charge in [-0.1, -0.05) is 34.5 Å². The molecule has 1 rings (SSSR count). The zero-order valence-electron chi connectivity index (χ0n) is 9.30. The van der Waals surface area contributed by atoms with Crippen molar-refractivity contribution in [3.63, 3.8) is 0 Å². The molecule has 0 aliphatic heterocycles. The number of unbranched alkanes of at least 4 members (excludes halogenated alkanes) is 1. The van der Waals surface area contributed by atoms with Crippen molar-refractivity contribution in [3.8, 4) is 0 Å². The third kappa shape index (κ3) is 5.55. The van der Waals surface area contributed by atoms with Crippen LogP contribution in [0.5, 0.6) is 0 Å². The predicted octanol–water partition coefficient (Wildman–Crippen LogP) is 4.05. The Morgan fingerprint density at radius 1 is 1.24 bits per heavy atom. The van der Waals surface area contributed by atoms with E-state index in [0.29, 0.717) is 6.42 Å². The van der Waals surface area contributed by atoms with E-state index in [-0.39, 0.29) is 6.42 Å². The van der Waals surface area contributed by atoms with Gasteiger partial charge < -0.3 is 5.73 Å². The minimum Gasteiger partial charge on any atom is -0.320 e. The van der Waals surface area contributed by atoms with Crippen LogP contribution in [0, 0.1) is 0 Å². The second-order valence-electron chi connectivity index (χ2n) is 4.02. The van der Waals surface area contributed by atoms with Gasteiger partial charge in [-0.15, -0.1) is 0 Å². The van der Waals surface area contributed by atoms with Crippen LogP contribution in [0.2, 0.25) is 0 Å². The maximum atomic E-state index is 12.1. The number of alkyl halides is 3. The van der Waals surface area contributed by atoms with Crippen LogP contribution >= 0.6 is 15.9 Å². The van der Waals surface area contributed by atoms with Crippen molar-refractivity contribution in [1.82, 2.24) is 0 Å². The summed E-state index contributed by atoms with van der Waals surface area (Å²) in [5.74, 6) is 0. The Morgan fingerprint density at radius 2 is 1.94 bits per heavy atom. The van der Waals surface area contributed by atoms with Gasteiger partial charge >= 0.3 is 6.18 Å². The molecule has 96 valence electrons. The van der Waals surface area contributed by atoms with Crippen LogP contribution in [0.1, 0.15) is 24.8 Å². The van der Waals surface area contributed by atoms with Crippen LogP contribution in [-0.2, 0) is 6.42 Å². The molecule has 0 aromatic heterocycles. The van der Waals surface area contributed by atoms with Crippen molar-refractivity contribution in [2.75, 3.05) is 0 Å². The zero-order chi connectivity index (χ0) is 12.9. The average molecular weight is 310 g/mol. The molecule has 0 heterocycles. The number of hydrogen-bond acceptors (Lipinski definition) is 1. The van der Waals surface area contributed by atoms with E-state index >= 15 is 0 Å². The number of benzene rings is 1. The molecule has 0 saturated carbocycles. The Hall–Kier alpha value is -0.550. The monoisotopic (exact) mass is 309 g/mol. The first kappa shape index (κ1) is 14.5. The first-order chi connectivity index (χ1) is 7.89. The van der Waals surface area contributed by atoms with E-state index in [1.165, 1.54) is 0 Å². The van der Waals surface area contributed by atoms with Crippen LogP contribution in [-0.4, -0.2) is 12.2 Å².